The molecule has 1 fully saturated rings. The fourth-order valence-corrected chi connectivity index (χ4v) is 2.67. The number of piperazine rings is 1. The maximum Gasteiger partial charge on any atom is 0.0110 e. The Morgan fingerprint density at radius 2 is 1.22 bits per heavy atom. The van der Waals surface area contributed by atoms with Crippen LogP contribution in [-0.4, -0.2) is 55.6 Å². The molecule has 1 aliphatic heterocycles. The molecule has 1 saturated heterocycles. The van der Waals surface area contributed by atoms with E-state index in [1.807, 2.05) is 0 Å². The van der Waals surface area contributed by atoms with E-state index in [1.54, 1.807) is 0 Å². The summed E-state index contributed by atoms with van der Waals surface area (Å²) in [5.41, 5.74) is 5.55. The van der Waals surface area contributed by atoms with Crippen LogP contribution in [0.2, 0.25) is 0 Å². The van der Waals surface area contributed by atoms with Crippen molar-refractivity contribution in [3.05, 3.63) is 0 Å². The Hall–Kier alpha value is -0.120. The van der Waals surface area contributed by atoms with Gasteiger partial charge in [0.1, 0.15) is 0 Å². The summed E-state index contributed by atoms with van der Waals surface area (Å²) in [6, 6.07) is 0. The van der Waals surface area contributed by atoms with Crippen LogP contribution in [0, 0.1) is 0 Å². The van der Waals surface area contributed by atoms with Crippen molar-refractivity contribution in [3.8, 4) is 0 Å². The Balaban J connectivity index is 1.92. The van der Waals surface area contributed by atoms with E-state index in [-0.39, 0.29) is 0 Å². The molecule has 0 amide bonds. The number of rotatable bonds is 10. The van der Waals surface area contributed by atoms with E-state index in [2.05, 4.69) is 16.7 Å². The highest BCUT2D eigenvalue weighted by Crippen LogP contribution is 2.08. The maximum absolute atomic E-state index is 5.55. The standard InChI is InChI=1S/C15H33N3/c1-2-3-4-5-6-7-10-17-12-14-18(15-13-17)11-8-9-16/h2-16H2,1H3. The Morgan fingerprint density at radius 1 is 0.722 bits per heavy atom. The molecule has 0 unspecified atom stereocenters. The van der Waals surface area contributed by atoms with Gasteiger partial charge in [0.05, 0.1) is 0 Å². The SMILES string of the molecule is CCCCCCCCN1CCN(CCCN)CC1. The van der Waals surface area contributed by atoms with Gasteiger partial charge in [-0.3, -0.25) is 0 Å². The van der Waals surface area contributed by atoms with E-state index in [4.69, 9.17) is 5.73 Å². The number of hydrogen-bond acceptors (Lipinski definition) is 3. The zero-order valence-corrected chi connectivity index (χ0v) is 12.4. The lowest BCUT2D eigenvalue weighted by atomic mass is 10.1. The van der Waals surface area contributed by atoms with Crippen molar-refractivity contribution >= 4 is 0 Å². The largest absolute Gasteiger partial charge is 0.330 e. The third-order valence-corrected chi connectivity index (χ3v) is 3.97. The Kier molecular flexibility index (Phi) is 9.54. The summed E-state index contributed by atoms with van der Waals surface area (Å²) in [6.45, 7) is 10.6. The lowest BCUT2D eigenvalue weighted by Crippen LogP contribution is -2.46. The molecule has 1 rings (SSSR count). The van der Waals surface area contributed by atoms with Crippen LogP contribution in [0.5, 0.6) is 0 Å². The van der Waals surface area contributed by atoms with Crippen molar-refractivity contribution in [2.75, 3.05) is 45.8 Å². The van der Waals surface area contributed by atoms with Crippen LogP contribution in [0.4, 0.5) is 0 Å². The minimum Gasteiger partial charge on any atom is -0.330 e. The lowest BCUT2D eigenvalue weighted by molar-refractivity contribution is 0.130. The van der Waals surface area contributed by atoms with Gasteiger partial charge in [-0.1, -0.05) is 39.0 Å². The molecule has 0 aliphatic carbocycles. The van der Waals surface area contributed by atoms with Crippen LogP contribution in [-0.2, 0) is 0 Å². The van der Waals surface area contributed by atoms with Gasteiger partial charge in [-0.15, -0.1) is 0 Å². The highest BCUT2D eigenvalue weighted by molar-refractivity contribution is 4.71. The summed E-state index contributed by atoms with van der Waals surface area (Å²) in [5.74, 6) is 0. The third-order valence-electron chi connectivity index (χ3n) is 3.97. The second kappa shape index (κ2) is 10.8. The van der Waals surface area contributed by atoms with E-state index in [9.17, 15) is 0 Å². The number of hydrogen-bond donors (Lipinski definition) is 1. The first-order valence-corrected chi connectivity index (χ1v) is 8.01. The zero-order chi connectivity index (χ0) is 13.1. The Labute approximate surface area is 114 Å². The van der Waals surface area contributed by atoms with Gasteiger partial charge in [-0.05, 0) is 32.5 Å². The molecular formula is C15H33N3. The fourth-order valence-electron chi connectivity index (χ4n) is 2.67. The quantitative estimate of drug-likeness (QED) is 0.608. The molecule has 18 heavy (non-hydrogen) atoms. The molecule has 0 saturated carbocycles. The number of nitrogens with two attached hydrogens (primary N) is 1. The van der Waals surface area contributed by atoms with Crippen molar-refractivity contribution in [3.63, 3.8) is 0 Å². The van der Waals surface area contributed by atoms with Gasteiger partial charge in [0, 0.05) is 26.2 Å². The summed E-state index contributed by atoms with van der Waals surface area (Å²) in [4.78, 5) is 5.20. The van der Waals surface area contributed by atoms with E-state index < -0.39 is 0 Å². The second-order valence-corrected chi connectivity index (χ2v) is 5.59. The molecular weight excluding hydrogens is 222 g/mol. The van der Waals surface area contributed by atoms with Crippen LogP contribution in [0.3, 0.4) is 0 Å². The van der Waals surface area contributed by atoms with E-state index in [1.165, 1.54) is 77.8 Å². The first-order valence-electron chi connectivity index (χ1n) is 8.01. The number of unbranched alkanes of at least 4 members (excludes halogenated alkanes) is 5. The molecule has 0 aromatic rings. The van der Waals surface area contributed by atoms with Crippen molar-refractivity contribution in [2.24, 2.45) is 5.73 Å². The predicted octanol–water partition coefficient (Wildman–Crippen LogP) is 2.31. The highest BCUT2D eigenvalue weighted by atomic mass is 15.3. The maximum atomic E-state index is 5.55. The van der Waals surface area contributed by atoms with Crippen LogP contribution >= 0.6 is 0 Å². The number of nitrogens with zero attached hydrogens (tertiary/aromatic N) is 2. The van der Waals surface area contributed by atoms with Gasteiger partial charge >= 0.3 is 0 Å². The van der Waals surface area contributed by atoms with Crippen molar-refractivity contribution in [1.82, 2.24) is 9.80 Å². The van der Waals surface area contributed by atoms with Crippen molar-refractivity contribution < 1.29 is 0 Å². The van der Waals surface area contributed by atoms with Crippen LogP contribution in [0.15, 0.2) is 0 Å². The van der Waals surface area contributed by atoms with Gasteiger partial charge in [0.2, 0.25) is 0 Å². The first kappa shape index (κ1) is 15.9. The van der Waals surface area contributed by atoms with Crippen molar-refractivity contribution in [2.45, 2.75) is 51.9 Å². The second-order valence-electron chi connectivity index (χ2n) is 5.59. The van der Waals surface area contributed by atoms with Crippen LogP contribution in [0.1, 0.15) is 51.9 Å². The molecule has 0 aromatic carbocycles. The molecule has 3 heteroatoms. The minimum absolute atomic E-state index is 0.831. The van der Waals surface area contributed by atoms with Crippen molar-refractivity contribution in [1.29, 1.82) is 0 Å². The topological polar surface area (TPSA) is 32.5 Å². The monoisotopic (exact) mass is 255 g/mol. The summed E-state index contributed by atoms with van der Waals surface area (Å²) in [7, 11) is 0. The highest BCUT2D eigenvalue weighted by Gasteiger charge is 2.15. The molecule has 0 spiro atoms. The molecule has 2 N–H and O–H groups in total. The summed E-state index contributed by atoms with van der Waals surface area (Å²) in [6.07, 6.45) is 9.61. The fraction of sp³-hybridized carbons (Fsp3) is 1.00. The molecule has 1 heterocycles. The molecule has 3 nitrogen and oxygen atoms in total. The molecule has 0 atom stereocenters. The normalized spacial score (nSPS) is 18.3. The smallest absolute Gasteiger partial charge is 0.0110 e. The van der Waals surface area contributed by atoms with Gasteiger partial charge in [-0.25, -0.2) is 0 Å². The van der Waals surface area contributed by atoms with E-state index >= 15 is 0 Å². The molecule has 1 aliphatic rings. The van der Waals surface area contributed by atoms with Crippen LogP contribution < -0.4 is 5.73 Å². The van der Waals surface area contributed by atoms with E-state index in [0.717, 1.165) is 13.0 Å². The molecule has 0 aromatic heterocycles. The summed E-state index contributed by atoms with van der Waals surface area (Å²) in [5, 5.41) is 0. The average Bonchev–Trinajstić information content (AvgIpc) is 2.42. The van der Waals surface area contributed by atoms with Gasteiger partial charge in [0.25, 0.3) is 0 Å². The first-order chi connectivity index (χ1) is 8.86. The Morgan fingerprint density at radius 3 is 1.78 bits per heavy atom. The zero-order valence-electron chi connectivity index (χ0n) is 12.4. The molecule has 0 bridgehead atoms. The summed E-state index contributed by atoms with van der Waals surface area (Å²) >= 11 is 0. The minimum atomic E-state index is 0.831. The third kappa shape index (κ3) is 7.34. The van der Waals surface area contributed by atoms with Crippen LogP contribution in [0.25, 0.3) is 0 Å². The summed E-state index contributed by atoms with van der Waals surface area (Å²) < 4.78 is 0. The molecule has 0 radical (unpaired) electrons. The predicted molar refractivity (Wildman–Crippen MR) is 79.9 cm³/mol. The van der Waals surface area contributed by atoms with Gasteiger partial charge < -0.3 is 15.5 Å². The van der Waals surface area contributed by atoms with Gasteiger partial charge in [0.15, 0.2) is 0 Å². The lowest BCUT2D eigenvalue weighted by Gasteiger charge is -2.34. The Bertz CT molecular complexity index is 177. The van der Waals surface area contributed by atoms with Gasteiger partial charge in [-0.2, -0.15) is 0 Å². The van der Waals surface area contributed by atoms with E-state index in [0.29, 0.717) is 0 Å². The molecule has 108 valence electrons. The average molecular weight is 255 g/mol.